The minimum absolute atomic E-state index is 0.198. The van der Waals surface area contributed by atoms with Crippen molar-refractivity contribution in [2.24, 2.45) is 0 Å². The van der Waals surface area contributed by atoms with Crippen LogP contribution in [0.25, 0.3) is 11.0 Å². The van der Waals surface area contributed by atoms with E-state index in [1.54, 1.807) is 0 Å². The van der Waals surface area contributed by atoms with Gasteiger partial charge in [-0.3, -0.25) is 14.6 Å². The molecule has 0 saturated carbocycles. The van der Waals surface area contributed by atoms with E-state index in [1.165, 1.54) is 11.1 Å². The normalized spacial score (nSPS) is 15.2. The number of hydrogen-bond donors (Lipinski definition) is 0. The molecule has 0 aliphatic carbocycles. The zero-order valence-corrected chi connectivity index (χ0v) is 18.2. The fourth-order valence-corrected chi connectivity index (χ4v) is 4.41. The van der Waals surface area contributed by atoms with E-state index >= 15 is 0 Å². The maximum absolute atomic E-state index is 12.5. The lowest BCUT2D eigenvalue weighted by molar-refractivity contribution is 0.0839. The van der Waals surface area contributed by atoms with Crippen LogP contribution in [0.3, 0.4) is 0 Å². The maximum atomic E-state index is 12.5. The summed E-state index contributed by atoms with van der Waals surface area (Å²) in [5, 5.41) is 0. The first kappa shape index (κ1) is 20.6. The summed E-state index contributed by atoms with van der Waals surface area (Å²) < 4.78 is 2.34. The molecule has 0 spiro atoms. The minimum Gasteiger partial charge on any atom is -0.322 e. The average Bonchev–Trinajstić information content (AvgIpc) is 3.18. The van der Waals surface area contributed by atoms with Gasteiger partial charge < -0.3 is 4.57 Å². The zero-order chi connectivity index (χ0) is 21.8. The van der Waals surface area contributed by atoms with Crippen molar-refractivity contribution in [2.45, 2.75) is 13.1 Å². The van der Waals surface area contributed by atoms with Crippen LogP contribution in [0.4, 0.5) is 0 Å². The van der Waals surface area contributed by atoms with Gasteiger partial charge >= 0.3 is 0 Å². The van der Waals surface area contributed by atoms with Crippen LogP contribution in [0.5, 0.6) is 0 Å². The van der Waals surface area contributed by atoms with Gasteiger partial charge in [-0.25, -0.2) is 4.98 Å². The highest BCUT2D eigenvalue weighted by Crippen LogP contribution is 2.20. The van der Waals surface area contributed by atoms with Crippen LogP contribution in [0.1, 0.15) is 21.7 Å². The van der Waals surface area contributed by atoms with Gasteiger partial charge in [0.05, 0.1) is 24.1 Å². The molecule has 1 aliphatic rings. The minimum atomic E-state index is 0.198. The Labute approximate surface area is 188 Å². The molecule has 0 unspecified atom stereocenters. The van der Waals surface area contributed by atoms with Crippen molar-refractivity contribution in [1.29, 1.82) is 0 Å². The molecule has 1 saturated heterocycles. The molecule has 162 valence electrons. The summed E-state index contributed by atoms with van der Waals surface area (Å²) in [7, 11) is 0. The summed E-state index contributed by atoms with van der Waals surface area (Å²) >= 11 is 0. The summed E-state index contributed by atoms with van der Waals surface area (Å²) in [5.74, 6) is 1.30. The average molecular weight is 425 g/mol. The number of Topliss-reactive ketones (excluding diaryl/α,β-unsaturated/α-hetero) is 1. The Bertz CT molecular complexity index is 1180. The lowest BCUT2D eigenvalue weighted by atomic mass is 10.1. The molecule has 1 fully saturated rings. The molecule has 4 aromatic rings. The van der Waals surface area contributed by atoms with E-state index in [0.717, 1.165) is 56.2 Å². The Kier molecular flexibility index (Phi) is 6.10. The van der Waals surface area contributed by atoms with Crippen molar-refractivity contribution >= 4 is 16.8 Å². The predicted molar refractivity (Wildman–Crippen MR) is 128 cm³/mol. The number of para-hydroxylation sites is 2. The lowest BCUT2D eigenvalue weighted by Crippen LogP contribution is -2.47. The molecule has 0 N–H and O–H groups in total. The van der Waals surface area contributed by atoms with Crippen molar-refractivity contribution in [3.63, 3.8) is 0 Å². The SMILES string of the molecule is O=C(CN1CCN(Cc2nc3ccccc3n2Cc2ccccc2)CC1)c1ccccc1. The van der Waals surface area contributed by atoms with Crippen molar-refractivity contribution in [3.8, 4) is 0 Å². The second kappa shape index (κ2) is 9.47. The van der Waals surface area contributed by atoms with E-state index in [4.69, 9.17) is 4.98 Å². The van der Waals surface area contributed by atoms with E-state index in [2.05, 4.69) is 69.0 Å². The third-order valence-corrected chi connectivity index (χ3v) is 6.21. The summed E-state index contributed by atoms with van der Waals surface area (Å²) in [6.45, 7) is 5.82. The van der Waals surface area contributed by atoms with Crippen LogP contribution >= 0.6 is 0 Å². The van der Waals surface area contributed by atoms with Crippen molar-refractivity contribution in [2.75, 3.05) is 32.7 Å². The second-order valence-electron chi connectivity index (χ2n) is 8.43. The van der Waals surface area contributed by atoms with Gasteiger partial charge in [0, 0.05) is 38.3 Å². The number of nitrogens with zero attached hydrogens (tertiary/aromatic N) is 4. The van der Waals surface area contributed by atoms with Crippen LogP contribution in [-0.2, 0) is 13.1 Å². The van der Waals surface area contributed by atoms with Gasteiger partial charge in [-0.2, -0.15) is 0 Å². The molecule has 0 radical (unpaired) electrons. The summed E-state index contributed by atoms with van der Waals surface area (Å²) in [6.07, 6.45) is 0. The molecular weight excluding hydrogens is 396 g/mol. The Morgan fingerprint density at radius 3 is 2.09 bits per heavy atom. The van der Waals surface area contributed by atoms with Crippen molar-refractivity contribution in [1.82, 2.24) is 19.4 Å². The van der Waals surface area contributed by atoms with E-state index in [9.17, 15) is 4.79 Å². The largest absolute Gasteiger partial charge is 0.322 e. The first-order valence-electron chi connectivity index (χ1n) is 11.3. The van der Waals surface area contributed by atoms with Gasteiger partial charge in [0.2, 0.25) is 0 Å². The molecule has 1 aliphatic heterocycles. The molecule has 5 rings (SSSR count). The number of ketones is 1. The first-order valence-corrected chi connectivity index (χ1v) is 11.3. The molecule has 32 heavy (non-hydrogen) atoms. The summed E-state index contributed by atoms with van der Waals surface area (Å²) in [4.78, 5) is 22.2. The number of aromatic nitrogens is 2. The number of benzene rings is 3. The smallest absolute Gasteiger partial charge is 0.176 e. The zero-order valence-electron chi connectivity index (χ0n) is 18.2. The van der Waals surface area contributed by atoms with Crippen LogP contribution < -0.4 is 0 Å². The number of carbonyl (C=O) groups excluding carboxylic acids is 1. The lowest BCUT2D eigenvalue weighted by Gasteiger charge is -2.34. The molecule has 0 atom stereocenters. The van der Waals surface area contributed by atoms with Crippen LogP contribution in [-0.4, -0.2) is 57.9 Å². The van der Waals surface area contributed by atoms with Crippen molar-refractivity contribution in [3.05, 3.63) is 102 Å². The van der Waals surface area contributed by atoms with Crippen molar-refractivity contribution < 1.29 is 4.79 Å². The molecule has 5 nitrogen and oxygen atoms in total. The first-order chi connectivity index (χ1) is 15.8. The molecule has 3 aromatic carbocycles. The number of rotatable bonds is 7. The van der Waals surface area contributed by atoms with Crippen LogP contribution in [0, 0.1) is 0 Å². The summed E-state index contributed by atoms with van der Waals surface area (Å²) in [6, 6.07) is 28.5. The Morgan fingerprint density at radius 2 is 1.34 bits per heavy atom. The predicted octanol–water partition coefficient (Wildman–Crippen LogP) is 4.09. The molecule has 5 heteroatoms. The Hall–Kier alpha value is -3.28. The molecular formula is C27H28N4O. The highest BCUT2D eigenvalue weighted by Gasteiger charge is 2.21. The van der Waals surface area contributed by atoms with Gasteiger partial charge in [0.1, 0.15) is 5.82 Å². The van der Waals surface area contributed by atoms with Gasteiger partial charge in [0.25, 0.3) is 0 Å². The van der Waals surface area contributed by atoms with Gasteiger partial charge in [0.15, 0.2) is 5.78 Å². The molecule has 2 heterocycles. The quantitative estimate of drug-likeness (QED) is 0.419. The highest BCUT2D eigenvalue weighted by atomic mass is 16.1. The maximum Gasteiger partial charge on any atom is 0.176 e. The second-order valence-corrected chi connectivity index (χ2v) is 8.43. The third kappa shape index (κ3) is 4.64. The number of imidazole rings is 1. The fourth-order valence-electron chi connectivity index (χ4n) is 4.41. The molecule has 0 amide bonds. The van der Waals surface area contributed by atoms with Gasteiger partial charge in [-0.05, 0) is 17.7 Å². The van der Waals surface area contributed by atoms with Gasteiger partial charge in [-0.15, -0.1) is 0 Å². The molecule has 1 aromatic heterocycles. The number of carbonyl (C=O) groups is 1. The fraction of sp³-hybridized carbons (Fsp3) is 0.259. The van der Waals surface area contributed by atoms with Gasteiger partial charge in [-0.1, -0.05) is 72.8 Å². The topological polar surface area (TPSA) is 41.4 Å². The number of hydrogen-bond acceptors (Lipinski definition) is 4. The van der Waals surface area contributed by atoms with E-state index in [-0.39, 0.29) is 5.78 Å². The Morgan fingerprint density at radius 1 is 0.719 bits per heavy atom. The third-order valence-electron chi connectivity index (χ3n) is 6.21. The monoisotopic (exact) mass is 424 g/mol. The van der Waals surface area contributed by atoms with E-state index in [0.29, 0.717) is 6.54 Å². The van der Waals surface area contributed by atoms with E-state index < -0.39 is 0 Å². The van der Waals surface area contributed by atoms with E-state index in [1.807, 2.05) is 30.3 Å². The highest BCUT2D eigenvalue weighted by molar-refractivity contribution is 5.97. The van der Waals surface area contributed by atoms with Crippen LogP contribution in [0.15, 0.2) is 84.9 Å². The Balaban J connectivity index is 1.25. The number of piperazine rings is 1. The molecule has 0 bridgehead atoms. The van der Waals surface area contributed by atoms with Crippen LogP contribution in [0.2, 0.25) is 0 Å². The standard InChI is InChI=1S/C27H28N4O/c32-26(23-11-5-2-6-12-23)20-29-15-17-30(18-16-29)21-27-28-24-13-7-8-14-25(24)31(27)19-22-9-3-1-4-10-22/h1-14H,15-21H2. The summed E-state index contributed by atoms with van der Waals surface area (Å²) in [5.41, 5.74) is 4.30. The number of fused-ring (bicyclic) bond motifs is 1.